The van der Waals surface area contributed by atoms with Crippen molar-refractivity contribution in [1.82, 2.24) is 15.5 Å². The number of halogens is 3. The third-order valence-electron chi connectivity index (χ3n) is 5.76. The standard InChI is InChI=1S/C24H32F2N4O2.HI/c1-27-24(28-15-23(32-3)18-5-7-19(25)8-6-18)29-20-10-12-30(13-11-20)16-17-4-9-22(31-2)21(26)14-17;/h4-9,14,20,23H,10-13,15-16H2,1-3H3,(H2,27,28,29);1H. The maximum atomic E-state index is 13.9. The lowest BCUT2D eigenvalue weighted by atomic mass is 10.0. The lowest BCUT2D eigenvalue weighted by Gasteiger charge is -2.33. The molecule has 1 saturated heterocycles. The molecule has 3 rings (SSSR count). The van der Waals surface area contributed by atoms with Crippen LogP contribution in [-0.4, -0.2) is 57.8 Å². The summed E-state index contributed by atoms with van der Waals surface area (Å²) < 4.78 is 37.6. The van der Waals surface area contributed by atoms with Crippen LogP contribution in [0, 0.1) is 11.6 Å². The molecule has 0 amide bonds. The quantitative estimate of drug-likeness (QED) is 0.283. The molecular formula is C24H33F2IN4O2. The number of nitrogens with one attached hydrogen (secondary N) is 2. The lowest BCUT2D eigenvalue weighted by Crippen LogP contribution is -2.49. The molecule has 0 bridgehead atoms. The van der Waals surface area contributed by atoms with Crippen molar-refractivity contribution in [2.75, 3.05) is 40.9 Å². The second-order valence-electron chi connectivity index (χ2n) is 7.89. The Balaban J connectivity index is 0.00000385. The zero-order valence-corrected chi connectivity index (χ0v) is 21.6. The van der Waals surface area contributed by atoms with Gasteiger partial charge in [0.15, 0.2) is 17.5 Å². The zero-order chi connectivity index (χ0) is 22.9. The first-order valence-electron chi connectivity index (χ1n) is 10.8. The van der Waals surface area contributed by atoms with Crippen molar-refractivity contribution in [3.05, 3.63) is 65.2 Å². The molecule has 33 heavy (non-hydrogen) atoms. The Hall–Kier alpha value is -1.98. The van der Waals surface area contributed by atoms with E-state index in [-0.39, 0.29) is 47.5 Å². The highest BCUT2D eigenvalue weighted by Gasteiger charge is 2.21. The molecule has 1 heterocycles. The summed E-state index contributed by atoms with van der Waals surface area (Å²) in [6.45, 7) is 3.06. The van der Waals surface area contributed by atoms with Crippen LogP contribution in [-0.2, 0) is 11.3 Å². The summed E-state index contributed by atoms with van der Waals surface area (Å²) in [5.74, 6) is 0.388. The topological polar surface area (TPSA) is 58.1 Å². The second-order valence-corrected chi connectivity index (χ2v) is 7.89. The Kier molecular flexibility index (Phi) is 11.3. The van der Waals surface area contributed by atoms with Gasteiger partial charge >= 0.3 is 0 Å². The fourth-order valence-electron chi connectivity index (χ4n) is 3.89. The summed E-state index contributed by atoms with van der Waals surface area (Å²) >= 11 is 0. The van der Waals surface area contributed by atoms with Gasteiger partial charge in [-0.15, -0.1) is 24.0 Å². The Morgan fingerprint density at radius 1 is 1.12 bits per heavy atom. The van der Waals surface area contributed by atoms with Crippen molar-refractivity contribution >= 4 is 29.9 Å². The molecule has 2 N–H and O–H groups in total. The van der Waals surface area contributed by atoms with Crippen LogP contribution in [0.3, 0.4) is 0 Å². The van der Waals surface area contributed by atoms with Crippen LogP contribution >= 0.6 is 24.0 Å². The summed E-state index contributed by atoms with van der Waals surface area (Å²) in [5, 5.41) is 6.78. The van der Waals surface area contributed by atoms with Crippen LogP contribution in [0.4, 0.5) is 8.78 Å². The van der Waals surface area contributed by atoms with Crippen molar-refractivity contribution < 1.29 is 18.3 Å². The average Bonchev–Trinajstić information content (AvgIpc) is 2.81. The van der Waals surface area contributed by atoms with Gasteiger partial charge in [0.25, 0.3) is 0 Å². The fraction of sp³-hybridized carbons (Fsp3) is 0.458. The third kappa shape index (κ3) is 8.08. The fourth-order valence-corrected chi connectivity index (χ4v) is 3.89. The first kappa shape index (κ1) is 27.3. The Bertz CT molecular complexity index is 891. The van der Waals surface area contributed by atoms with E-state index in [1.54, 1.807) is 38.4 Å². The van der Waals surface area contributed by atoms with Gasteiger partial charge < -0.3 is 20.1 Å². The van der Waals surface area contributed by atoms with Crippen molar-refractivity contribution in [3.8, 4) is 5.75 Å². The molecule has 1 unspecified atom stereocenters. The number of hydrogen-bond acceptors (Lipinski definition) is 4. The molecule has 182 valence electrons. The molecule has 0 aliphatic carbocycles. The van der Waals surface area contributed by atoms with Crippen LogP contribution in [0.2, 0.25) is 0 Å². The molecule has 0 aromatic heterocycles. The summed E-state index contributed by atoms with van der Waals surface area (Å²) in [7, 11) is 4.84. The predicted octanol–water partition coefficient (Wildman–Crippen LogP) is 4.11. The van der Waals surface area contributed by atoms with E-state index in [1.165, 1.54) is 19.2 Å². The number of rotatable bonds is 8. The first-order chi connectivity index (χ1) is 15.5. The van der Waals surface area contributed by atoms with Gasteiger partial charge in [0.1, 0.15) is 5.82 Å². The summed E-state index contributed by atoms with van der Waals surface area (Å²) in [6.07, 6.45) is 1.72. The molecule has 1 fully saturated rings. The van der Waals surface area contributed by atoms with Crippen molar-refractivity contribution in [2.24, 2.45) is 4.99 Å². The van der Waals surface area contributed by atoms with Crippen LogP contribution in [0.25, 0.3) is 0 Å². The van der Waals surface area contributed by atoms with E-state index >= 15 is 0 Å². The van der Waals surface area contributed by atoms with E-state index < -0.39 is 0 Å². The average molecular weight is 574 g/mol. The highest BCUT2D eigenvalue weighted by Crippen LogP contribution is 2.20. The molecule has 1 aliphatic rings. The number of aliphatic imine (C=N–C) groups is 1. The van der Waals surface area contributed by atoms with E-state index in [0.29, 0.717) is 25.1 Å². The minimum Gasteiger partial charge on any atom is -0.494 e. The highest BCUT2D eigenvalue weighted by molar-refractivity contribution is 14.0. The number of guanidine groups is 1. The Morgan fingerprint density at radius 3 is 2.39 bits per heavy atom. The van der Waals surface area contributed by atoms with Crippen molar-refractivity contribution in [1.29, 1.82) is 0 Å². The highest BCUT2D eigenvalue weighted by atomic mass is 127. The minimum atomic E-state index is -0.327. The molecule has 0 radical (unpaired) electrons. The minimum absolute atomic E-state index is 0. The summed E-state index contributed by atoms with van der Waals surface area (Å²) in [6, 6.07) is 11.8. The molecule has 6 nitrogen and oxygen atoms in total. The molecule has 1 atom stereocenters. The van der Waals surface area contributed by atoms with E-state index in [2.05, 4.69) is 20.5 Å². The Labute approximate surface area is 211 Å². The monoisotopic (exact) mass is 574 g/mol. The molecule has 0 spiro atoms. The third-order valence-corrected chi connectivity index (χ3v) is 5.76. The van der Waals surface area contributed by atoms with Gasteiger partial charge in [-0.25, -0.2) is 8.78 Å². The number of ether oxygens (including phenoxy) is 2. The number of methoxy groups -OCH3 is 2. The van der Waals surface area contributed by atoms with Gasteiger partial charge in [0.2, 0.25) is 0 Å². The molecule has 2 aromatic carbocycles. The molecule has 2 aromatic rings. The van der Waals surface area contributed by atoms with Crippen molar-refractivity contribution in [3.63, 3.8) is 0 Å². The van der Waals surface area contributed by atoms with Gasteiger partial charge in [0.05, 0.1) is 13.2 Å². The van der Waals surface area contributed by atoms with Gasteiger partial charge in [-0.3, -0.25) is 9.89 Å². The number of likely N-dealkylation sites (tertiary alicyclic amines) is 1. The van der Waals surface area contributed by atoms with Gasteiger partial charge in [-0.2, -0.15) is 0 Å². The number of nitrogens with zero attached hydrogens (tertiary/aromatic N) is 2. The molecule has 1 aliphatic heterocycles. The van der Waals surface area contributed by atoms with E-state index in [9.17, 15) is 8.78 Å². The number of benzene rings is 2. The van der Waals surface area contributed by atoms with Gasteiger partial charge in [-0.05, 0) is 48.2 Å². The smallest absolute Gasteiger partial charge is 0.191 e. The molecular weight excluding hydrogens is 541 g/mol. The molecule has 0 saturated carbocycles. The van der Waals surface area contributed by atoms with Gasteiger partial charge in [0, 0.05) is 46.4 Å². The normalized spacial score (nSPS) is 16.1. The van der Waals surface area contributed by atoms with Crippen LogP contribution in [0.5, 0.6) is 5.75 Å². The zero-order valence-electron chi connectivity index (χ0n) is 19.3. The van der Waals surface area contributed by atoms with Crippen LogP contribution < -0.4 is 15.4 Å². The maximum Gasteiger partial charge on any atom is 0.191 e. The number of piperidine rings is 1. The largest absolute Gasteiger partial charge is 0.494 e. The second kappa shape index (κ2) is 13.7. The van der Waals surface area contributed by atoms with E-state index in [0.717, 1.165) is 37.1 Å². The first-order valence-corrected chi connectivity index (χ1v) is 10.8. The van der Waals surface area contributed by atoms with Crippen LogP contribution in [0.15, 0.2) is 47.5 Å². The van der Waals surface area contributed by atoms with E-state index in [4.69, 9.17) is 9.47 Å². The SMILES string of the molecule is CN=C(NCC(OC)c1ccc(F)cc1)NC1CCN(Cc2ccc(OC)c(F)c2)CC1.I. The summed E-state index contributed by atoms with van der Waals surface area (Å²) in [5.41, 5.74) is 1.85. The number of hydrogen-bond donors (Lipinski definition) is 2. The summed E-state index contributed by atoms with van der Waals surface area (Å²) in [4.78, 5) is 6.65. The van der Waals surface area contributed by atoms with Gasteiger partial charge in [-0.1, -0.05) is 18.2 Å². The molecule has 9 heteroatoms. The lowest BCUT2D eigenvalue weighted by molar-refractivity contribution is 0.106. The van der Waals surface area contributed by atoms with E-state index in [1.807, 2.05) is 6.07 Å². The predicted molar refractivity (Wildman–Crippen MR) is 137 cm³/mol. The maximum absolute atomic E-state index is 13.9. The van der Waals surface area contributed by atoms with Crippen LogP contribution in [0.1, 0.15) is 30.1 Å². The Morgan fingerprint density at radius 2 is 1.82 bits per heavy atom. The van der Waals surface area contributed by atoms with Crippen molar-refractivity contribution in [2.45, 2.75) is 31.5 Å².